The molecule has 0 atom stereocenters. The van der Waals surface area contributed by atoms with Crippen molar-refractivity contribution in [3.63, 3.8) is 0 Å². The predicted octanol–water partition coefficient (Wildman–Crippen LogP) is 6.30. The van der Waals surface area contributed by atoms with Crippen LogP contribution in [0.2, 0.25) is 0 Å². The molecule has 0 fully saturated rings. The Balaban J connectivity index is 1.58. The van der Waals surface area contributed by atoms with Gasteiger partial charge in [-0.1, -0.05) is 85.8 Å². The maximum Gasteiger partial charge on any atom is 0.230 e. The molecule has 212 valence electrons. The summed E-state index contributed by atoms with van der Waals surface area (Å²) in [5, 5.41) is 10.8. The first-order chi connectivity index (χ1) is 19.9. The number of ketones is 2. The van der Waals surface area contributed by atoms with E-state index in [4.69, 9.17) is 9.47 Å². The van der Waals surface area contributed by atoms with Crippen molar-refractivity contribution in [3.8, 4) is 22.9 Å². The monoisotopic (exact) mass is 553 g/mol. The van der Waals surface area contributed by atoms with E-state index in [0.717, 1.165) is 24.0 Å². The highest BCUT2D eigenvalue weighted by Crippen LogP contribution is 2.31. The molecular formula is C33H35N3O5. The van der Waals surface area contributed by atoms with Crippen LogP contribution in [0.3, 0.4) is 0 Å². The van der Waals surface area contributed by atoms with Crippen LogP contribution in [0.15, 0.2) is 66.7 Å². The molecule has 0 bridgehead atoms. The Labute approximate surface area is 240 Å². The number of unbranched alkanes of at least 4 members (excludes halogenated alkanes) is 3. The molecule has 0 aliphatic carbocycles. The molecule has 1 heterocycles. The molecule has 4 aromatic rings. The summed E-state index contributed by atoms with van der Waals surface area (Å²) >= 11 is 0. The average Bonchev–Trinajstić information content (AvgIpc) is 2.98. The Morgan fingerprint density at radius 2 is 1.29 bits per heavy atom. The summed E-state index contributed by atoms with van der Waals surface area (Å²) in [4.78, 5) is 39.6. The zero-order chi connectivity index (χ0) is 29.2. The number of carbonyl (C=O) groups excluding carboxylic acids is 2. The summed E-state index contributed by atoms with van der Waals surface area (Å²) in [5.41, 5.74) is 2.99. The van der Waals surface area contributed by atoms with Gasteiger partial charge in [0.15, 0.2) is 5.82 Å². The number of rotatable bonds is 14. The Kier molecular flexibility index (Phi) is 10.3. The van der Waals surface area contributed by atoms with Gasteiger partial charge in [0.1, 0.15) is 18.1 Å². The number of nitrogens with zero attached hydrogens (tertiary/aromatic N) is 3. The Morgan fingerprint density at radius 3 is 1.83 bits per heavy atom. The van der Waals surface area contributed by atoms with Crippen molar-refractivity contribution >= 4 is 11.6 Å². The van der Waals surface area contributed by atoms with Gasteiger partial charge in [0, 0.05) is 23.8 Å². The van der Waals surface area contributed by atoms with Gasteiger partial charge in [-0.3, -0.25) is 9.59 Å². The van der Waals surface area contributed by atoms with Gasteiger partial charge in [0.2, 0.25) is 23.2 Å². The standard InChI is InChI=1S/C33H35N3O5/c1-4-5-6-7-18-40-19-20-41-26-16-17-27(28(37)21-26)31-34-32(29(38)24-12-8-22(2)9-13-24)36-33(35-31)30(39)25-14-10-23(3)11-15-25/h8-17,21,37H,4-7,18-20H2,1-3H3. The largest absolute Gasteiger partial charge is 0.507 e. The van der Waals surface area contributed by atoms with Crippen LogP contribution in [0, 0.1) is 13.8 Å². The first-order valence-corrected chi connectivity index (χ1v) is 13.9. The first kappa shape index (κ1) is 29.6. The lowest BCUT2D eigenvalue weighted by Gasteiger charge is -2.11. The van der Waals surface area contributed by atoms with Gasteiger partial charge >= 0.3 is 0 Å². The third-order valence-electron chi connectivity index (χ3n) is 6.52. The Hall–Kier alpha value is -4.43. The van der Waals surface area contributed by atoms with Crippen LogP contribution in [0.4, 0.5) is 0 Å². The van der Waals surface area contributed by atoms with E-state index in [9.17, 15) is 14.7 Å². The van der Waals surface area contributed by atoms with E-state index in [-0.39, 0.29) is 28.8 Å². The zero-order valence-electron chi connectivity index (χ0n) is 23.7. The third-order valence-corrected chi connectivity index (χ3v) is 6.52. The molecule has 0 radical (unpaired) electrons. The second-order valence-corrected chi connectivity index (χ2v) is 9.90. The number of ether oxygens (including phenoxy) is 2. The number of aromatic nitrogens is 3. The van der Waals surface area contributed by atoms with Crippen LogP contribution in [0.5, 0.6) is 11.5 Å². The third kappa shape index (κ3) is 8.05. The molecule has 4 rings (SSSR count). The van der Waals surface area contributed by atoms with Crippen molar-refractivity contribution in [2.75, 3.05) is 19.8 Å². The minimum Gasteiger partial charge on any atom is -0.507 e. The first-order valence-electron chi connectivity index (χ1n) is 13.9. The maximum absolute atomic E-state index is 13.3. The number of aromatic hydroxyl groups is 1. The second-order valence-electron chi connectivity index (χ2n) is 9.90. The molecule has 41 heavy (non-hydrogen) atoms. The molecule has 0 amide bonds. The van der Waals surface area contributed by atoms with E-state index >= 15 is 0 Å². The van der Waals surface area contributed by atoms with Gasteiger partial charge in [0.25, 0.3) is 0 Å². The van der Waals surface area contributed by atoms with Gasteiger partial charge < -0.3 is 14.6 Å². The van der Waals surface area contributed by atoms with Crippen molar-refractivity contribution in [1.82, 2.24) is 15.0 Å². The molecule has 0 aliphatic rings. The average molecular weight is 554 g/mol. The Morgan fingerprint density at radius 1 is 0.707 bits per heavy atom. The number of phenolic OH excluding ortho intramolecular Hbond substituents is 1. The Bertz CT molecular complexity index is 1410. The van der Waals surface area contributed by atoms with Crippen molar-refractivity contribution in [3.05, 3.63) is 101 Å². The lowest BCUT2D eigenvalue weighted by Crippen LogP contribution is -2.16. The van der Waals surface area contributed by atoms with Crippen molar-refractivity contribution in [1.29, 1.82) is 0 Å². The molecule has 3 aromatic carbocycles. The molecule has 0 aliphatic heterocycles. The molecule has 0 saturated heterocycles. The van der Waals surface area contributed by atoms with Crippen LogP contribution in [0.25, 0.3) is 11.4 Å². The van der Waals surface area contributed by atoms with E-state index < -0.39 is 11.6 Å². The minimum absolute atomic E-state index is 0.00499. The summed E-state index contributed by atoms with van der Waals surface area (Å²) < 4.78 is 11.3. The topological polar surface area (TPSA) is 112 Å². The summed E-state index contributed by atoms with van der Waals surface area (Å²) in [6, 6.07) is 18.7. The fraction of sp³-hybridized carbons (Fsp3) is 0.303. The molecule has 1 N–H and O–H groups in total. The van der Waals surface area contributed by atoms with E-state index in [1.54, 1.807) is 36.4 Å². The van der Waals surface area contributed by atoms with Crippen LogP contribution in [-0.2, 0) is 4.74 Å². The SMILES string of the molecule is CCCCCCOCCOc1ccc(-c2nc(C(=O)c3ccc(C)cc3)nc(C(=O)c3ccc(C)cc3)n2)c(O)c1. The van der Waals surface area contributed by atoms with Gasteiger partial charge in [0.05, 0.1) is 12.2 Å². The fourth-order valence-corrected chi connectivity index (χ4v) is 4.11. The van der Waals surface area contributed by atoms with Gasteiger partial charge in [-0.05, 0) is 32.4 Å². The fourth-order valence-electron chi connectivity index (χ4n) is 4.11. The van der Waals surface area contributed by atoms with Gasteiger partial charge in [-0.2, -0.15) is 0 Å². The normalized spacial score (nSPS) is 10.9. The lowest BCUT2D eigenvalue weighted by atomic mass is 10.1. The van der Waals surface area contributed by atoms with E-state index in [1.165, 1.54) is 18.9 Å². The second kappa shape index (κ2) is 14.3. The van der Waals surface area contributed by atoms with E-state index in [0.29, 0.717) is 36.7 Å². The minimum atomic E-state index is -0.458. The van der Waals surface area contributed by atoms with Crippen LogP contribution in [0.1, 0.15) is 76.1 Å². The van der Waals surface area contributed by atoms with Crippen molar-refractivity contribution in [2.24, 2.45) is 0 Å². The smallest absolute Gasteiger partial charge is 0.230 e. The number of benzene rings is 3. The predicted molar refractivity (Wildman–Crippen MR) is 157 cm³/mol. The summed E-state index contributed by atoms with van der Waals surface area (Å²) in [5.74, 6) is -0.999. The number of hydrogen-bond donors (Lipinski definition) is 1. The van der Waals surface area contributed by atoms with Crippen LogP contribution in [-0.4, -0.2) is 51.4 Å². The van der Waals surface area contributed by atoms with E-state index in [1.807, 2.05) is 38.1 Å². The molecule has 0 spiro atoms. The molecule has 0 saturated carbocycles. The van der Waals surface area contributed by atoms with Crippen molar-refractivity contribution in [2.45, 2.75) is 46.5 Å². The van der Waals surface area contributed by atoms with Crippen molar-refractivity contribution < 1.29 is 24.2 Å². The molecule has 8 heteroatoms. The quantitative estimate of drug-likeness (QED) is 0.143. The summed E-state index contributed by atoms with van der Waals surface area (Å²) in [6.07, 6.45) is 4.57. The molecule has 1 aromatic heterocycles. The summed E-state index contributed by atoms with van der Waals surface area (Å²) in [6.45, 7) is 7.49. The highest BCUT2D eigenvalue weighted by Gasteiger charge is 2.22. The number of hydrogen-bond acceptors (Lipinski definition) is 8. The number of carbonyl (C=O) groups is 2. The maximum atomic E-state index is 13.3. The van der Waals surface area contributed by atoms with Crippen LogP contribution >= 0.6 is 0 Å². The number of phenols is 1. The van der Waals surface area contributed by atoms with E-state index in [2.05, 4.69) is 21.9 Å². The zero-order valence-corrected chi connectivity index (χ0v) is 23.7. The molecule has 8 nitrogen and oxygen atoms in total. The lowest BCUT2D eigenvalue weighted by molar-refractivity contribution is 0.0970. The molecular weight excluding hydrogens is 518 g/mol. The summed E-state index contributed by atoms with van der Waals surface area (Å²) in [7, 11) is 0. The van der Waals surface area contributed by atoms with Gasteiger partial charge in [-0.15, -0.1) is 0 Å². The van der Waals surface area contributed by atoms with Crippen LogP contribution < -0.4 is 4.74 Å². The highest BCUT2D eigenvalue weighted by molar-refractivity contribution is 6.09. The highest BCUT2D eigenvalue weighted by atomic mass is 16.5. The molecule has 0 unspecified atom stereocenters. The number of aryl methyl sites for hydroxylation is 2. The van der Waals surface area contributed by atoms with Gasteiger partial charge in [-0.25, -0.2) is 15.0 Å².